The summed E-state index contributed by atoms with van der Waals surface area (Å²) in [4.78, 5) is 12.7. The first kappa shape index (κ1) is 20.0. The van der Waals surface area contributed by atoms with Crippen LogP contribution in [0.1, 0.15) is 24.8 Å². The minimum Gasteiger partial charge on any atom is -0.345 e. The van der Waals surface area contributed by atoms with Crippen molar-refractivity contribution in [2.75, 3.05) is 13.6 Å². The summed E-state index contributed by atoms with van der Waals surface area (Å²) in [6.45, 7) is -0.290. The number of nitrogens with one attached hydrogen (secondary N) is 1. The molecular weight excluding hydrogens is 435 g/mol. The van der Waals surface area contributed by atoms with Gasteiger partial charge in [0.1, 0.15) is 5.82 Å². The van der Waals surface area contributed by atoms with E-state index in [1.54, 1.807) is 24.3 Å². The topological polar surface area (TPSA) is 66.5 Å². The lowest BCUT2D eigenvalue weighted by atomic mass is 9.72. The molecule has 0 aromatic heterocycles. The lowest BCUT2D eigenvalue weighted by molar-refractivity contribution is -0.124. The van der Waals surface area contributed by atoms with Crippen LogP contribution in [0.25, 0.3) is 0 Å². The van der Waals surface area contributed by atoms with Gasteiger partial charge < -0.3 is 5.32 Å². The lowest BCUT2D eigenvalue weighted by Gasteiger charge is -2.43. The largest absolute Gasteiger partial charge is 0.345 e. The number of rotatable bonds is 6. The van der Waals surface area contributed by atoms with Crippen LogP contribution >= 0.6 is 15.9 Å². The summed E-state index contributed by atoms with van der Waals surface area (Å²) in [5.74, 6) is -0.720. The predicted molar refractivity (Wildman–Crippen MR) is 104 cm³/mol. The molecule has 0 spiro atoms. The van der Waals surface area contributed by atoms with Gasteiger partial charge in [-0.3, -0.25) is 4.79 Å². The summed E-state index contributed by atoms with van der Waals surface area (Å²) in [7, 11) is -2.39. The zero-order chi connectivity index (χ0) is 19.7. The van der Waals surface area contributed by atoms with Gasteiger partial charge in [-0.2, -0.15) is 4.31 Å². The number of nitrogens with zero attached hydrogens (tertiary/aromatic N) is 1. The molecule has 0 aliphatic heterocycles. The Labute approximate surface area is 166 Å². The monoisotopic (exact) mass is 454 g/mol. The Bertz CT molecular complexity index is 926. The minimum absolute atomic E-state index is 0.123. The van der Waals surface area contributed by atoms with Crippen molar-refractivity contribution >= 4 is 31.9 Å². The molecule has 3 rings (SSSR count). The molecule has 8 heteroatoms. The summed E-state index contributed by atoms with van der Waals surface area (Å²) in [5, 5.41) is 2.95. The van der Waals surface area contributed by atoms with Gasteiger partial charge in [0, 0.05) is 11.5 Å². The van der Waals surface area contributed by atoms with E-state index in [9.17, 15) is 17.6 Å². The third kappa shape index (κ3) is 4.23. The van der Waals surface area contributed by atoms with Crippen LogP contribution in [0.4, 0.5) is 4.39 Å². The van der Waals surface area contributed by atoms with E-state index in [-0.39, 0.29) is 23.2 Å². The molecule has 1 N–H and O–H groups in total. The normalized spacial score (nSPS) is 16.0. The van der Waals surface area contributed by atoms with Crippen LogP contribution in [0.15, 0.2) is 57.9 Å². The summed E-state index contributed by atoms with van der Waals surface area (Å²) in [5.41, 5.74) is 0.286. The van der Waals surface area contributed by atoms with Gasteiger partial charge in [0.25, 0.3) is 0 Å². The van der Waals surface area contributed by atoms with Gasteiger partial charge in [-0.1, -0.05) is 28.1 Å². The zero-order valence-electron chi connectivity index (χ0n) is 14.8. The number of halogens is 2. The summed E-state index contributed by atoms with van der Waals surface area (Å²) in [6.07, 6.45) is 2.44. The molecule has 0 atom stereocenters. The molecule has 1 saturated carbocycles. The highest BCUT2D eigenvalue weighted by atomic mass is 79.9. The van der Waals surface area contributed by atoms with Gasteiger partial charge in [-0.05, 0) is 61.2 Å². The van der Waals surface area contributed by atoms with Gasteiger partial charge in [0.15, 0.2) is 0 Å². The summed E-state index contributed by atoms with van der Waals surface area (Å²) >= 11 is 3.27. The molecule has 1 aliphatic rings. The molecule has 0 unspecified atom stereocenters. The van der Waals surface area contributed by atoms with E-state index in [4.69, 9.17) is 0 Å². The van der Waals surface area contributed by atoms with E-state index in [1.165, 1.54) is 31.3 Å². The number of carbonyl (C=O) groups is 1. The highest BCUT2D eigenvalue weighted by molar-refractivity contribution is 9.10. The average molecular weight is 455 g/mol. The van der Waals surface area contributed by atoms with Crippen molar-refractivity contribution < 1.29 is 17.6 Å². The molecule has 5 nitrogen and oxygen atoms in total. The molecule has 144 valence electrons. The second-order valence-electron chi connectivity index (χ2n) is 6.71. The minimum atomic E-state index is -3.76. The third-order valence-corrected chi connectivity index (χ3v) is 7.22. The fourth-order valence-electron chi connectivity index (χ4n) is 3.17. The van der Waals surface area contributed by atoms with Gasteiger partial charge in [0.2, 0.25) is 15.9 Å². The number of benzene rings is 2. The smallest absolute Gasteiger partial charge is 0.243 e. The molecule has 2 aromatic carbocycles. The van der Waals surface area contributed by atoms with Crippen molar-refractivity contribution in [3.05, 3.63) is 64.4 Å². The Morgan fingerprint density at radius 1 is 1.15 bits per heavy atom. The highest BCUT2D eigenvalue weighted by Gasteiger charge is 2.40. The van der Waals surface area contributed by atoms with E-state index in [0.717, 1.165) is 33.6 Å². The van der Waals surface area contributed by atoms with Crippen molar-refractivity contribution in [3.63, 3.8) is 0 Å². The highest BCUT2D eigenvalue weighted by Crippen LogP contribution is 2.41. The Hall–Kier alpha value is -1.77. The molecule has 0 bridgehead atoms. The van der Waals surface area contributed by atoms with Gasteiger partial charge in [-0.25, -0.2) is 12.8 Å². The fourth-order valence-corrected chi connectivity index (χ4v) is 4.56. The number of hydrogen-bond acceptors (Lipinski definition) is 3. The van der Waals surface area contributed by atoms with E-state index >= 15 is 0 Å². The maximum absolute atomic E-state index is 13.2. The lowest BCUT2D eigenvalue weighted by Crippen LogP contribution is -2.53. The van der Waals surface area contributed by atoms with E-state index in [1.807, 2.05) is 0 Å². The van der Waals surface area contributed by atoms with Gasteiger partial charge >= 0.3 is 0 Å². The average Bonchev–Trinajstić information content (AvgIpc) is 2.59. The summed E-state index contributed by atoms with van der Waals surface area (Å²) < 4.78 is 40.2. The first-order valence-corrected chi connectivity index (χ1v) is 10.8. The molecule has 1 aliphatic carbocycles. The third-order valence-electron chi connectivity index (χ3n) is 4.87. The van der Waals surface area contributed by atoms with E-state index in [0.29, 0.717) is 0 Å². The van der Waals surface area contributed by atoms with Crippen LogP contribution in [-0.4, -0.2) is 32.2 Å². The molecule has 0 heterocycles. The molecule has 27 heavy (non-hydrogen) atoms. The maximum Gasteiger partial charge on any atom is 0.243 e. The standard InChI is InChI=1S/C19H20BrFN2O3S/c1-23(27(25,26)17-9-5-15(20)6-10-17)13-18(24)22-19(11-2-12-19)14-3-7-16(21)8-4-14/h3-10H,2,11-13H2,1H3,(H,22,24). The van der Waals surface area contributed by atoms with Gasteiger partial charge in [0.05, 0.1) is 17.0 Å². The molecule has 0 saturated heterocycles. The van der Waals surface area contributed by atoms with Crippen molar-refractivity contribution in [1.29, 1.82) is 0 Å². The quantitative estimate of drug-likeness (QED) is 0.726. The number of carbonyl (C=O) groups excluding carboxylic acids is 1. The predicted octanol–water partition coefficient (Wildman–Crippen LogP) is 3.40. The Balaban J connectivity index is 1.71. The molecular formula is C19H20BrFN2O3S. The number of likely N-dealkylation sites (N-methyl/N-ethyl adjacent to an activating group) is 1. The van der Waals surface area contributed by atoms with Crippen LogP contribution in [0, 0.1) is 5.82 Å². The fraction of sp³-hybridized carbons (Fsp3) is 0.316. The molecule has 1 amide bonds. The van der Waals surface area contributed by atoms with Crippen molar-refractivity contribution in [2.45, 2.75) is 29.7 Å². The van der Waals surface area contributed by atoms with Crippen LogP contribution in [0.3, 0.4) is 0 Å². The van der Waals surface area contributed by atoms with Crippen molar-refractivity contribution in [3.8, 4) is 0 Å². The van der Waals surface area contributed by atoms with Crippen LogP contribution in [0.5, 0.6) is 0 Å². The second-order valence-corrected chi connectivity index (χ2v) is 9.67. The van der Waals surface area contributed by atoms with Crippen LogP contribution in [-0.2, 0) is 20.4 Å². The van der Waals surface area contributed by atoms with Crippen LogP contribution in [0.2, 0.25) is 0 Å². The van der Waals surface area contributed by atoms with Crippen molar-refractivity contribution in [1.82, 2.24) is 9.62 Å². The number of amides is 1. The van der Waals surface area contributed by atoms with Crippen LogP contribution < -0.4 is 5.32 Å². The Kier molecular flexibility index (Phi) is 5.69. The first-order valence-electron chi connectivity index (χ1n) is 8.52. The SMILES string of the molecule is CN(CC(=O)NC1(c2ccc(F)cc2)CCC1)S(=O)(=O)c1ccc(Br)cc1. The number of hydrogen-bond donors (Lipinski definition) is 1. The Morgan fingerprint density at radius 2 is 1.74 bits per heavy atom. The molecule has 2 aromatic rings. The van der Waals surface area contributed by atoms with E-state index < -0.39 is 15.6 Å². The first-order chi connectivity index (χ1) is 12.7. The van der Waals surface area contributed by atoms with E-state index in [2.05, 4.69) is 21.2 Å². The molecule has 0 radical (unpaired) electrons. The van der Waals surface area contributed by atoms with Crippen molar-refractivity contribution in [2.24, 2.45) is 0 Å². The van der Waals surface area contributed by atoms with Gasteiger partial charge in [-0.15, -0.1) is 0 Å². The Morgan fingerprint density at radius 3 is 2.26 bits per heavy atom. The molecule has 1 fully saturated rings. The number of sulfonamides is 1. The maximum atomic E-state index is 13.2. The second kappa shape index (κ2) is 7.69. The summed E-state index contributed by atoms with van der Waals surface area (Å²) in [6, 6.07) is 12.3. The zero-order valence-corrected chi connectivity index (χ0v) is 17.2.